The zero-order valence-electron chi connectivity index (χ0n) is 14.2. The van der Waals surface area contributed by atoms with Gasteiger partial charge in [0.05, 0.1) is 22.4 Å². The first-order valence-corrected chi connectivity index (χ1v) is 11.2. The Morgan fingerprint density at radius 1 is 1.19 bits per heavy atom. The third kappa shape index (κ3) is 4.56. The third-order valence-electron chi connectivity index (χ3n) is 3.09. The van der Waals surface area contributed by atoms with Crippen molar-refractivity contribution in [2.45, 2.75) is 34.9 Å². The van der Waals surface area contributed by atoms with Crippen molar-refractivity contribution in [3.63, 3.8) is 0 Å². The van der Waals surface area contributed by atoms with Gasteiger partial charge in [-0.15, -0.1) is 10.2 Å². The number of aromatic nitrogens is 6. The quantitative estimate of drug-likeness (QED) is 0.538. The average Bonchev–Trinajstić information content (AvgIpc) is 3.20. The lowest BCUT2D eigenvalue weighted by Crippen LogP contribution is -2.04. The van der Waals surface area contributed by atoms with Gasteiger partial charge in [-0.05, 0) is 59.9 Å². The number of ether oxygens (including phenoxy) is 1. The molecular formula is C14H16N6O3S3. The molecule has 3 aromatic rings. The molecule has 0 atom stereocenters. The summed E-state index contributed by atoms with van der Waals surface area (Å²) < 4.78 is 30.9. The van der Waals surface area contributed by atoms with Crippen molar-refractivity contribution in [1.29, 1.82) is 0 Å². The van der Waals surface area contributed by atoms with Gasteiger partial charge >= 0.3 is 0 Å². The summed E-state index contributed by atoms with van der Waals surface area (Å²) in [5.41, 5.74) is 0.680. The summed E-state index contributed by atoms with van der Waals surface area (Å²) >= 11 is 2.81. The molecule has 0 radical (unpaired) electrons. The van der Waals surface area contributed by atoms with Gasteiger partial charge in [0.2, 0.25) is 0 Å². The van der Waals surface area contributed by atoms with Gasteiger partial charge in [-0.3, -0.25) is 0 Å². The van der Waals surface area contributed by atoms with E-state index < -0.39 is 9.84 Å². The molecule has 0 unspecified atom stereocenters. The van der Waals surface area contributed by atoms with Gasteiger partial charge in [0.15, 0.2) is 20.0 Å². The summed E-state index contributed by atoms with van der Waals surface area (Å²) in [6.45, 7) is 3.86. The lowest BCUT2D eigenvalue weighted by molar-refractivity contribution is 0.239. The summed E-state index contributed by atoms with van der Waals surface area (Å²) in [6.07, 6.45) is 1.21. The second kappa shape index (κ2) is 7.68. The largest absolute Gasteiger partial charge is 0.466 e. The topological polar surface area (TPSA) is 113 Å². The van der Waals surface area contributed by atoms with Gasteiger partial charge in [0.1, 0.15) is 0 Å². The van der Waals surface area contributed by atoms with Gasteiger partial charge in [-0.25, -0.2) is 8.42 Å². The molecule has 2 heterocycles. The fourth-order valence-electron chi connectivity index (χ4n) is 1.96. The van der Waals surface area contributed by atoms with Crippen LogP contribution in [0.15, 0.2) is 33.5 Å². The van der Waals surface area contributed by atoms with Crippen LogP contribution in [0, 0.1) is 0 Å². The zero-order valence-corrected chi connectivity index (χ0v) is 16.7. The number of nitrogens with zero attached hydrogens (tertiary/aromatic N) is 6. The van der Waals surface area contributed by atoms with E-state index in [1.807, 2.05) is 13.8 Å². The van der Waals surface area contributed by atoms with Crippen molar-refractivity contribution in [1.82, 2.24) is 30.4 Å². The maximum Gasteiger partial charge on any atom is 0.295 e. The van der Waals surface area contributed by atoms with Gasteiger partial charge in [0, 0.05) is 6.26 Å². The molecule has 26 heavy (non-hydrogen) atoms. The van der Waals surface area contributed by atoms with E-state index >= 15 is 0 Å². The highest BCUT2D eigenvalue weighted by Crippen LogP contribution is 2.29. The Hall–Kier alpha value is -2.05. The van der Waals surface area contributed by atoms with E-state index in [4.69, 9.17) is 4.74 Å². The molecule has 12 heteroatoms. The molecule has 0 aliphatic heterocycles. The molecule has 0 aliphatic carbocycles. The number of hydrogen-bond acceptors (Lipinski definition) is 10. The van der Waals surface area contributed by atoms with E-state index in [1.54, 1.807) is 16.8 Å². The molecule has 0 amide bonds. The first kappa shape index (κ1) is 18.7. The SMILES string of the molecule is CC(C)Oc1nnc(SCc2nnnn2-c2ccc(S(C)(=O)=O)cc2)s1. The molecule has 0 fully saturated rings. The van der Waals surface area contributed by atoms with Crippen LogP contribution in [0.3, 0.4) is 0 Å². The number of tetrazole rings is 1. The summed E-state index contributed by atoms with van der Waals surface area (Å²) in [5.74, 6) is 1.10. The van der Waals surface area contributed by atoms with Gasteiger partial charge in [0.25, 0.3) is 5.19 Å². The Balaban J connectivity index is 1.71. The van der Waals surface area contributed by atoms with Crippen molar-refractivity contribution in [3.05, 3.63) is 30.1 Å². The Kier molecular flexibility index (Phi) is 5.53. The minimum atomic E-state index is -3.24. The molecule has 0 saturated heterocycles. The third-order valence-corrected chi connectivity index (χ3v) is 6.16. The monoisotopic (exact) mass is 412 g/mol. The normalized spacial score (nSPS) is 11.8. The highest BCUT2D eigenvalue weighted by atomic mass is 32.2. The van der Waals surface area contributed by atoms with Gasteiger partial charge in [-0.1, -0.05) is 16.9 Å². The second-order valence-corrected chi connectivity index (χ2v) is 9.74. The van der Waals surface area contributed by atoms with E-state index in [1.165, 1.54) is 41.5 Å². The predicted molar refractivity (Wildman–Crippen MR) is 97.5 cm³/mol. The fourth-order valence-corrected chi connectivity index (χ4v) is 4.30. The van der Waals surface area contributed by atoms with Crippen LogP contribution in [0.5, 0.6) is 5.19 Å². The number of hydrogen-bond donors (Lipinski definition) is 0. The van der Waals surface area contributed by atoms with Crippen molar-refractivity contribution < 1.29 is 13.2 Å². The summed E-state index contributed by atoms with van der Waals surface area (Å²) in [7, 11) is -3.24. The minimum absolute atomic E-state index is 0.0444. The molecule has 9 nitrogen and oxygen atoms in total. The highest BCUT2D eigenvalue weighted by molar-refractivity contribution is 8.00. The van der Waals surface area contributed by atoms with Crippen LogP contribution in [0.1, 0.15) is 19.7 Å². The molecule has 1 aromatic carbocycles. The minimum Gasteiger partial charge on any atom is -0.466 e. The number of sulfone groups is 1. The average molecular weight is 413 g/mol. The molecule has 0 aliphatic rings. The zero-order chi connectivity index (χ0) is 18.7. The smallest absolute Gasteiger partial charge is 0.295 e. The van der Waals surface area contributed by atoms with Crippen LogP contribution >= 0.6 is 23.1 Å². The van der Waals surface area contributed by atoms with Crippen LogP contribution in [0.4, 0.5) is 0 Å². The summed E-state index contributed by atoms with van der Waals surface area (Å²) in [5, 5.41) is 20.3. The Morgan fingerprint density at radius 3 is 2.58 bits per heavy atom. The van der Waals surface area contributed by atoms with Crippen LogP contribution < -0.4 is 4.74 Å². The van der Waals surface area contributed by atoms with Crippen LogP contribution in [-0.4, -0.2) is 51.2 Å². The molecular weight excluding hydrogens is 396 g/mol. The van der Waals surface area contributed by atoms with Crippen molar-refractivity contribution in [2.75, 3.05) is 6.26 Å². The number of thioether (sulfide) groups is 1. The van der Waals surface area contributed by atoms with Crippen LogP contribution in [-0.2, 0) is 15.6 Å². The predicted octanol–water partition coefficient (Wildman–Crippen LogP) is 2.00. The molecule has 0 N–H and O–H groups in total. The van der Waals surface area contributed by atoms with E-state index in [0.717, 1.165) is 4.34 Å². The highest BCUT2D eigenvalue weighted by Gasteiger charge is 2.13. The van der Waals surface area contributed by atoms with Crippen molar-refractivity contribution in [3.8, 4) is 10.9 Å². The Bertz CT molecular complexity index is 982. The van der Waals surface area contributed by atoms with E-state index in [-0.39, 0.29) is 11.0 Å². The Morgan fingerprint density at radius 2 is 1.92 bits per heavy atom. The lowest BCUT2D eigenvalue weighted by atomic mass is 10.3. The van der Waals surface area contributed by atoms with Crippen LogP contribution in [0.2, 0.25) is 0 Å². The second-order valence-electron chi connectivity index (χ2n) is 5.56. The lowest BCUT2D eigenvalue weighted by Gasteiger charge is -2.05. The first-order chi connectivity index (χ1) is 12.3. The Labute approximate surface area is 158 Å². The van der Waals surface area contributed by atoms with Gasteiger partial charge in [-0.2, -0.15) is 4.68 Å². The van der Waals surface area contributed by atoms with Crippen LogP contribution in [0.25, 0.3) is 5.69 Å². The molecule has 0 saturated carbocycles. The summed E-state index contributed by atoms with van der Waals surface area (Å²) in [6, 6.07) is 6.40. The molecule has 138 valence electrons. The standard InChI is InChI=1S/C14H16N6O3S3/c1-9(2)23-13-16-17-14(25-13)24-8-12-15-18-19-20(12)10-4-6-11(7-5-10)26(3,21)22/h4-7,9H,8H2,1-3H3. The number of rotatable bonds is 7. The molecule has 3 rings (SSSR count). The summed E-state index contributed by atoms with van der Waals surface area (Å²) in [4.78, 5) is 0.247. The molecule has 2 aromatic heterocycles. The fraction of sp³-hybridized carbons (Fsp3) is 0.357. The van der Waals surface area contributed by atoms with E-state index in [0.29, 0.717) is 22.5 Å². The van der Waals surface area contributed by atoms with Gasteiger partial charge < -0.3 is 4.74 Å². The molecule has 0 bridgehead atoms. The maximum absolute atomic E-state index is 11.6. The van der Waals surface area contributed by atoms with E-state index in [9.17, 15) is 8.42 Å². The van der Waals surface area contributed by atoms with Crippen molar-refractivity contribution in [2.24, 2.45) is 0 Å². The number of benzene rings is 1. The van der Waals surface area contributed by atoms with E-state index in [2.05, 4.69) is 25.7 Å². The van der Waals surface area contributed by atoms with Crippen molar-refractivity contribution >= 4 is 32.9 Å². The molecule has 0 spiro atoms. The maximum atomic E-state index is 11.6. The first-order valence-electron chi connectivity index (χ1n) is 7.53.